The van der Waals surface area contributed by atoms with Crippen LogP contribution in [0.15, 0.2) is 24.3 Å². The van der Waals surface area contributed by atoms with Gasteiger partial charge in [-0.3, -0.25) is 4.79 Å². The molecule has 0 bridgehead atoms. The minimum Gasteiger partial charge on any atom is -0.462 e. The number of hydrogen-bond donors (Lipinski definition) is 4. The Labute approximate surface area is 351 Å². The van der Waals surface area contributed by atoms with Gasteiger partial charge in [-0.05, 0) is 93.9 Å². The molecule has 4 heterocycles. The predicted molar refractivity (Wildman–Crippen MR) is 217 cm³/mol. The maximum Gasteiger partial charge on any atom is 0.308 e. The van der Waals surface area contributed by atoms with Crippen molar-refractivity contribution in [3.8, 4) is 0 Å². The molecule has 4 rings (SSSR count). The van der Waals surface area contributed by atoms with Crippen molar-refractivity contribution < 1.29 is 67.9 Å². The number of ether oxygens (including phenoxy) is 8. The van der Waals surface area contributed by atoms with Crippen LogP contribution in [0.1, 0.15) is 86.5 Å². The molecule has 340 valence electrons. The number of allylic oxidation sites excluding steroid dienone is 2. The van der Waals surface area contributed by atoms with Gasteiger partial charge in [0.15, 0.2) is 18.9 Å². The summed E-state index contributed by atoms with van der Waals surface area (Å²) >= 11 is 0. The van der Waals surface area contributed by atoms with Crippen LogP contribution in [0.2, 0.25) is 0 Å². The molecule has 0 saturated carbocycles. The van der Waals surface area contributed by atoms with Crippen LogP contribution in [0.25, 0.3) is 0 Å². The molecule has 0 aliphatic carbocycles. The second kappa shape index (κ2) is 22.5. The number of carbonyl (C=O) groups excluding carboxylic acids is 2. The van der Waals surface area contributed by atoms with Gasteiger partial charge in [-0.2, -0.15) is 0 Å². The molecular formula is C43H74N2O14. The lowest BCUT2D eigenvalue weighted by Gasteiger charge is -2.50. The number of aliphatic hydroxyl groups excluding tert-OH is 3. The first-order chi connectivity index (χ1) is 27.8. The van der Waals surface area contributed by atoms with Gasteiger partial charge in [0, 0.05) is 32.4 Å². The number of hydrogen-bond acceptors (Lipinski definition) is 16. The average Bonchev–Trinajstić information content (AvgIpc) is 3.13. The van der Waals surface area contributed by atoms with E-state index in [4.69, 9.17) is 37.9 Å². The lowest BCUT2D eigenvalue weighted by molar-refractivity contribution is -0.344. The Hall–Kier alpha value is -1.90. The second-order valence-electron chi connectivity index (χ2n) is 17.8. The Morgan fingerprint density at radius 2 is 1.56 bits per heavy atom. The monoisotopic (exact) mass is 843 g/mol. The van der Waals surface area contributed by atoms with Gasteiger partial charge in [0.25, 0.3) is 0 Å². The van der Waals surface area contributed by atoms with Crippen molar-refractivity contribution in [1.82, 2.24) is 9.80 Å². The van der Waals surface area contributed by atoms with E-state index >= 15 is 0 Å². The molecule has 0 amide bonds. The highest BCUT2D eigenvalue weighted by Gasteiger charge is 2.52. The van der Waals surface area contributed by atoms with Crippen LogP contribution in [0.3, 0.4) is 0 Å². The molecule has 3 saturated heterocycles. The standard InChI is InChI=1S/C43H74N2O14/c1-24-21-29(19-20-46)39(59-42-37(49)36(45(9)10)38(27(4)56-42)58-35-23-43(6,51)41(50)28(5)55-35)40(52-11)31(47)22-33(48)53-25(2)15-13-12-14-16-32(24)57-34-18-17-30(44(7)8)26(3)54-34/h12-14,16,20,24-32,34-42,47,49-51H,15,17-19,21-23H2,1-11H3/b13-12-,16-14-. The molecular weight excluding hydrogens is 768 g/mol. The van der Waals surface area contributed by atoms with Gasteiger partial charge < -0.3 is 72.9 Å². The summed E-state index contributed by atoms with van der Waals surface area (Å²) in [4.78, 5) is 29.5. The molecule has 4 N–H and O–H groups in total. The maximum absolute atomic E-state index is 13.1. The molecule has 0 aromatic rings. The van der Waals surface area contributed by atoms with Crippen molar-refractivity contribution in [2.45, 2.75) is 190 Å². The molecule has 4 aliphatic rings. The summed E-state index contributed by atoms with van der Waals surface area (Å²) in [6.07, 6.45) is -1.56. The lowest BCUT2D eigenvalue weighted by Crippen LogP contribution is -2.65. The number of carbonyl (C=O) groups is 2. The Morgan fingerprint density at radius 3 is 2.17 bits per heavy atom. The molecule has 19 atom stereocenters. The summed E-state index contributed by atoms with van der Waals surface area (Å²) in [5.74, 6) is -1.47. The van der Waals surface area contributed by atoms with E-state index in [1.54, 1.807) is 39.8 Å². The molecule has 0 spiro atoms. The van der Waals surface area contributed by atoms with Crippen molar-refractivity contribution in [3.63, 3.8) is 0 Å². The van der Waals surface area contributed by atoms with Crippen LogP contribution in [0.4, 0.5) is 0 Å². The van der Waals surface area contributed by atoms with E-state index in [0.29, 0.717) is 19.3 Å². The van der Waals surface area contributed by atoms with Crippen LogP contribution in [-0.4, -0.2) is 181 Å². The molecule has 16 heteroatoms. The third kappa shape index (κ3) is 13.3. The van der Waals surface area contributed by atoms with Crippen molar-refractivity contribution in [2.75, 3.05) is 35.3 Å². The third-order valence-electron chi connectivity index (χ3n) is 12.4. The first-order valence-electron chi connectivity index (χ1n) is 21.3. The Kier molecular flexibility index (Phi) is 18.9. The van der Waals surface area contributed by atoms with Gasteiger partial charge in [-0.15, -0.1) is 0 Å². The predicted octanol–water partition coefficient (Wildman–Crippen LogP) is 2.33. The first-order valence-corrected chi connectivity index (χ1v) is 21.3. The second-order valence-corrected chi connectivity index (χ2v) is 17.8. The van der Waals surface area contributed by atoms with Crippen molar-refractivity contribution in [3.05, 3.63) is 24.3 Å². The molecule has 4 aliphatic heterocycles. The number of aldehydes is 1. The molecule has 3 fully saturated rings. The van der Waals surface area contributed by atoms with E-state index in [2.05, 4.69) is 4.90 Å². The summed E-state index contributed by atoms with van der Waals surface area (Å²) in [5.41, 5.74) is -1.47. The van der Waals surface area contributed by atoms with Crippen molar-refractivity contribution in [2.24, 2.45) is 11.8 Å². The van der Waals surface area contributed by atoms with E-state index in [1.807, 2.05) is 52.2 Å². The zero-order chi connectivity index (χ0) is 43.8. The Balaban J connectivity index is 1.66. The normalized spacial score (nSPS) is 45.8. The smallest absolute Gasteiger partial charge is 0.308 e. The van der Waals surface area contributed by atoms with E-state index in [9.17, 15) is 30.0 Å². The summed E-state index contributed by atoms with van der Waals surface area (Å²) in [7, 11) is 9.03. The Bertz CT molecular complexity index is 1370. The number of esters is 1. The van der Waals surface area contributed by atoms with Crippen LogP contribution in [-0.2, 0) is 47.5 Å². The minimum atomic E-state index is -1.47. The van der Waals surface area contributed by atoms with Gasteiger partial charge in [-0.1, -0.05) is 31.2 Å². The Morgan fingerprint density at radius 1 is 0.864 bits per heavy atom. The number of cyclic esters (lactones) is 1. The molecule has 16 nitrogen and oxygen atoms in total. The number of rotatable bonds is 11. The number of aliphatic hydroxyl groups is 4. The minimum absolute atomic E-state index is 0.00885. The van der Waals surface area contributed by atoms with Gasteiger partial charge in [0.05, 0.1) is 54.7 Å². The highest BCUT2D eigenvalue weighted by atomic mass is 16.7. The van der Waals surface area contributed by atoms with Crippen LogP contribution in [0.5, 0.6) is 0 Å². The van der Waals surface area contributed by atoms with Gasteiger partial charge in [0.2, 0.25) is 0 Å². The molecule has 59 heavy (non-hydrogen) atoms. The lowest BCUT2D eigenvalue weighted by atomic mass is 9.82. The molecule has 0 aromatic carbocycles. The summed E-state index contributed by atoms with van der Waals surface area (Å²) in [6, 6.07) is -0.466. The molecule has 0 radical (unpaired) electrons. The SMILES string of the molecule is COC1C(O)CC(=O)OC(C)C/C=C\C=C/C(OC2CCC(N(C)C)C(C)O2)C(C)CC(CC=O)C1OC1OC(C)C(OC2CC(C)(O)C(O)C(C)O2)C(N(C)C)C1O. The van der Waals surface area contributed by atoms with E-state index in [1.165, 1.54) is 14.0 Å². The first kappa shape index (κ1) is 49.8. The largest absolute Gasteiger partial charge is 0.462 e. The fourth-order valence-corrected chi connectivity index (χ4v) is 9.10. The third-order valence-corrected chi connectivity index (χ3v) is 12.4. The average molecular weight is 843 g/mol. The molecule has 0 aromatic heterocycles. The highest BCUT2D eigenvalue weighted by Crippen LogP contribution is 2.37. The summed E-state index contributed by atoms with van der Waals surface area (Å²) < 4.78 is 50.0. The molecule has 19 unspecified atom stereocenters. The van der Waals surface area contributed by atoms with E-state index < -0.39 is 110 Å². The van der Waals surface area contributed by atoms with Crippen molar-refractivity contribution >= 4 is 12.3 Å². The number of nitrogens with zero attached hydrogens (tertiary/aromatic N) is 2. The number of methoxy groups -OCH3 is 1. The number of likely N-dealkylation sites (N-methyl/N-ethyl adjacent to an activating group) is 2. The topological polar surface area (TPSA) is 195 Å². The van der Waals surface area contributed by atoms with E-state index in [-0.39, 0.29) is 30.9 Å². The quantitative estimate of drug-likeness (QED) is 0.175. The van der Waals surface area contributed by atoms with Crippen LogP contribution < -0.4 is 0 Å². The van der Waals surface area contributed by atoms with Crippen molar-refractivity contribution in [1.29, 1.82) is 0 Å². The van der Waals surface area contributed by atoms with Crippen LogP contribution in [0, 0.1) is 11.8 Å². The van der Waals surface area contributed by atoms with Gasteiger partial charge in [0.1, 0.15) is 36.8 Å². The van der Waals surface area contributed by atoms with Gasteiger partial charge >= 0.3 is 5.97 Å². The fraction of sp³-hybridized carbons (Fsp3) is 0.860. The fourth-order valence-electron chi connectivity index (χ4n) is 9.10. The summed E-state index contributed by atoms with van der Waals surface area (Å²) in [5, 5.41) is 45.1. The zero-order valence-electron chi connectivity index (χ0n) is 37.0. The van der Waals surface area contributed by atoms with Crippen LogP contribution >= 0.6 is 0 Å². The van der Waals surface area contributed by atoms with E-state index in [0.717, 1.165) is 12.7 Å². The zero-order valence-corrected chi connectivity index (χ0v) is 37.0. The maximum atomic E-state index is 13.1. The van der Waals surface area contributed by atoms with Gasteiger partial charge in [-0.25, -0.2) is 0 Å². The highest BCUT2D eigenvalue weighted by molar-refractivity contribution is 5.70. The summed E-state index contributed by atoms with van der Waals surface area (Å²) in [6.45, 7) is 10.8.